The quantitative estimate of drug-likeness (QED) is 0.409. The molecule has 218 valence electrons. The third kappa shape index (κ3) is 5.47. The van der Waals surface area contributed by atoms with Crippen molar-refractivity contribution in [3.05, 3.63) is 46.9 Å². The second-order valence-electron chi connectivity index (χ2n) is 11.0. The molecule has 1 aromatic carbocycles. The van der Waals surface area contributed by atoms with E-state index in [-0.39, 0.29) is 57.5 Å². The third-order valence-electron chi connectivity index (χ3n) is 7.09. The maximum atomic E-state index is 13.3. The number of anilines is 2. The highest BCUT2D eigenvalue weighted by molar-refractivity contribution is 6.34. The molecule has 5 rings (SSSR count). The first-order valence-corrected chi connectivity index (χ1v) is 13.0. The van der Waals surface area contributed by atoms with Gasteiger partial charge in [-0.2, -0.15) is 18.3 Å². The number of hydrogen-bond donors (Lipinski definition) is 2. The first kappa shape index (κ1) is 28.5. The number of imidazole rings is 1. The lowest BCUT2D eigenvalue weighted by molar-refractivity contribution is -0.140. The molecule has 1 saturated heterocycles. The van der Waals surface area contributed by atoms with Gasteiger partial charge in [0.05, 0.1) is 33.7 Å². The average molecular weight is 594 g/mol. The fraction of sp³-hybridized carbons (Fsp3) is 0.423. The Morgan fingerprint density at radius 1 is 1.22 bits per heavy atom. The van der Waals surface area contributed by atoms with E-state index in [1.54, 1.807) is 25.7 Å². The van der Waals surface area contributed by atoms with E-state index in [9.17, 15) is 27.6 Å². The van der Waals surface area contributed by atoms with Gasteiger partial charge in [-0.3, -0.25) is 19.6 Å². The summed E-state index contributed by atoms with van der Waals surface area (Å²) >= 11 is 6.42. The normalized spacial score (nSPS) is 20.0. The van der Waals surface area contributed by atoms with Gasteiger partial charge in [-0.05, 0) is 39.0 Å². The average Bonchev–Trinajstić information content (AvgIpc) is 3.34. The van der Waals surface area contributed by atoms with Crippen LogP contribution in [0.15, 0.2) is 30.6 Å². The van der Waals surface area contributed by atoms with Crippen LogP contribution in [-0.2, 0) is 22.8 Å². The Kier molecular flexibility index (Phi) is 7.00. The number of aromatic nitrogens is 4. The zero-order valence-electron chi connectivity index (χ0n) is 22.5. The Hall–Kier alpha value is -4.07. The summed E-state index contributed by atoms with van der Waals surface area (Å²) in [5.41, 5.74) is -1.41. The molecule has 15 heteroatoms. The molecule has 0 bridgehead atoms. The number of aromatic amines is 1. The van der Waals surface area contributed by atoms with Gasteiger partial charge in [0, 0.05) is 44.2 Å². The smallest absolute Gasteiger partial charge is 0.435 e. The van der Waals surface area contributed by atoms with E-state index >= 15 is 0 Å². The van der Waals surface area contributed by atoms with Crippen LogP contribution < -0.4 is 10.2 Å². The van der Waals surface area contributed by atoms with Crippen molar-refractivity contribution in [3.8, 4) is 11.3 Å². The first-order chi connectivity index (χ1) is 19.2. The number of fused-ring (bicyclic) bond motifs is 1. The van der Waals surface area contributed by atoms with E-state index in [0.717, 1.165) is 11.1 Å². The summed E-state index contributed by atoms with van der Waals surface area (Å²) in [4.78, 5) is 44.2. The number of likely N-dealkylation sites (tertiary alicyclic amines) is 1. The highest BCUT2D eigenvalue weighted by atomic mass is 35.5. The van der Waals surface area contributed by atoms with E-state index in [0.29, 0.717) is 19.5 Å². The van der Waals surface area contributed by atoms with Crippen molar-refractivity contribution in [2.45, 2.75) is 38.6 Å². The number of H-pyrrole nitrogens is 1. The number of halogens is 4. The van der Waals surface area contributed by atoms with Crippen molar-refractivity contribution in [2.24, 2.45) is 18.9 Å². The zero-order chi connectivity index (χ0) is 29.9. The molecular formula is C26H27ClF3N7O4. The second kappa shape index (κ2) is 10.1. The summed E-state index contributed by atoms with van der Waals surface area (Å²) in [6.07, 6.45) is -2.32. The van der Waals surface area contributed by atoms with Crippen LogP contribution >= 0.6 is 11.6 Å². The first-order valence-electron chi connectivity index (χ1n) is 12.7. The van der Waals surface area contributed by atoms with Crippen molar-refractivity contribution < 1.29 is 32.3 Å². The van der Waals surface area contributed by atoms with Crippen LogP contribution in [0, 0.1) is 11.8 Å². The van der Waals surface area contributed by atoms with Crippen molar-refractivity contribution >= 4 is 41.6 Å². The number of hydrogen-bond acceptors (Lipinski definition) is 6. The van der Waals surface area contributed by atoms with Gasteiger partial charge in [-0.15, -0.1) is 0 Å². The van der Waals surface area contributed by atoms with Crippen molar-refractivity contribution in [1.29, 1.82) is 0 Å². The van der Waals surface area contributed by atoms with Crippen LogP contribution in [0.5, 0.6) is 0 Å². The molecule has 3 heterocycles. The fourth-order valence-corrected chi connectivity index (χ4v) is 5.34. The van der Waals surface area contributed by atoms with Crippen LogP contribution in [0.2, 0.25) is 5.02 Å². The number of carbonyl (C=O) groups excluding carboxylic acids is 3. The lowest BCUT2D eigenvalue weighted by Crippen LogP contribution is -2.40. The van der Waals surface area contributed by atoms with Crippen molar-refractivity contribution in [2.75, 3.05) is 18.0 Å². The summed E-state index contributed by atoms with van der Waals surface area (Å²) in [5.74, 6) is -0.124. The van der Waals surface area contributed by atoms with Gasteiger partial charge in [0.25, 0.3) is 5.91 Å². The van der Waals surface area contributed by atoms with E-state index < -0.39 is 23.4 Å². The van der Waals surface area contributed by atoms with Gasteiger partial charge in [0.2, 0.25) is 12.4 Å². The SMILES string of the molecule is Cn1c(-c2c[nH]nc2C(F)(F)F)cnc1N(C=O)c1ccc(C(=O)NC2[C@H]3CN(C(=O)OC(C)(C)C)C[C@@H]23)c(Cl)c1. The molecule has 1 aliphatic heterocycles. The van der Waals surface area contributed by atoms with Crippen LogP contribution in [0.3, 0.4) is 0 Å². The summed E-state index contributed by atoms with van der Waals surface area (Å²) in [6, 6.07) is 4.24. The zero-order valence-corrected chi connectivity index (χ0v) is 23.2. The van der Waals surface area contributed by atoms with Crippen LogP contribution in [0.25, 0.3) is 11.3 Å². The summed E-state index contributed by atoms with van der Waals surface area (Å²) in [5, 5.41) is 8.53. The number of piperidine rings is 1. The summed E-state index contributed by atoms with van der Waals surface area (Å²) in [6.45, 7) is 6.38. The molecule has 2 fully saturated rings. The molecule has 41 heavy (non-hydrogen) atoms. The van der Waals surface area contributed by atoms with Gasteiger partial charge in [-0.25, -0.2) is 9.78 Å². The predicted molar refractivity (Wildman–Crippen MR) is 141 cm³/mol. The minimum atomic E-state index is -4.69. The van der Waals surface area contributed by atoms with Gasteiger partial charge < -0.3 is 19.5 Å². The molecule has 1 aliphatic carbocycles. The lowest BCUT2D eigenvalue weighted by atomic mass is 10.1. The molecule has 2 N–H and O–H groups in total. The minimum absolute atomic E-state index is 0.0259. The van der Waals surface area contributed by atoms with Gasteiger partial charge in [0.1, 0.15) is 5.60 Å². The second-order valence-corrected chi connectivity index (χ2v) is 11.4. The number of nitrogens with one attached hydrogen (secondary N) is 2. The van der Waals surface area contributed by atoms with Crippen molar-refractivity contribution in [3.63, 3.8) is 0 Å². The van der Waals surface area contributed by atoms with Crippen molar-refractivity contribution in [1.82, 2.24) is 30.0 Å². The molecule has 1 saturated carbocycles. The van der Waals surface area contributed by atoms with E-state index in [2.05, 4.69) is 20.5 Å². The fourth-order valence-electron chi connectivity index (χ4n) is 5.08. The maximum absolute atomic E-state index is 13.3. The predicted octanol–water partition coefficient (Wildman–Crippen LogP) is 4.37. The number of rotatable bonds is 6. The lowest BCUT2D eigenvalue weighted by Gasteiger charge is -2.26. The van der Waals surface area contributed by atoms with E-state index in [1.807, 2.05) is 0 Å². The summed E-state index contributed by atoms with van der Waals surface area (Å²) < 4.78 is 46.8. The van der Waals surface area contributed by atoms with E-state index in [1.165, 1.54) is 36.0 Å². The Morgan fingerprint density at radius 3 is 2.49 bits per heavy atom. The Balaban J connectivity index is 1.27. The summed E-state index contributed by atoms with van der Waals surface area (Å²) in [7, 11) is 1.46. The molecule has 0 spiro atoms. The third-order valence-corrected chi connectivity index (χ3v) is 7.40. The topological polar surface area (TPSA) is 125 Å². The van der Waals surface area contributed by atoms with Crippen LogP contribution in [0.1, 0.15) is 36.8 Å². The van der Waals surface area contributed by atoms with Crippen LogP contribution in [-0.4, -0.2) is 67.8 Å². The van der Waals surface area contributed by atoms with Gasteiger partial charge in [0.15, 0.2) is 5.69 Å². The molecule has 11 nitrogen and oxygen atoms in total. The maximum Gasteiger partial charge on any atom is 0.435 e. The molecule has 3 aromatic rings. The molecule has 3 amide bonds. The largest absolute Gasteiger partial charge is 0.444 e. The number of alkyl halides is 3. The molecule has 2 aliphatic rings. The van der Waals surface area contributed by atoms with Gasteiger partial charge >= 0.3 is 12.3 Å². The number of carbonyl (C=O) groups is 3. The van der Waals surface area contributed by atoms with Gasteiger partial charge in [-0.1, -0.05) is 11.6 Å². The monoisotopic (exact) mass is 593 g/mol. The Labute approximate surface area is 237 Å². The number of amides is 3. The standard InChI is InChI=1S/C26H27ClF3N7O4/c1-25(2,3)41-24(40)36-10-16-17(11-36)20(16)33-22(39)14-6-5-13(7-18(14)27)37(12-38)23-31-9-19(35(23)4)15-8-32-34-21(15)26(28,29)30/h5-9,12,16-17,20H,10-11H2,1-4H3,(H,32,34)(H,33,39)/t16-,17+,20?. The van der Waals surface area contributed by atoms with Crippen LogP contribution in [0.4, 0.5) is 29.6 Å². The molecule has 0 radical (unpaired) electrons. The molecular weight excluding hydrogens is 567 g/mol. The number of benzene rings is 1. The Bertz CT molecular complexity index is 1500. The van der Waals surface area contributed by atoms with E-state index in [4.69, 9.17) is 16.3 Å². The highest BCUT2D eigenvalue weighted by Crippen LogP contribution is 2.46. The highest BCUT2D eigenvalue weighted by Gasteiger charge is 2.58. The Morgan fingerprint density at radius 2 is 1.90 bits per heavy atom. The number of ether oxygens (including phenoxy) is 1. The molecule has 1 unspecified atom stereocenters. The molecule has 2 aromatic heterocycles. The number of nitrogens with zero attached hydrogens (tertiary/aromatic N) is 5. The minimum Gasteiger partial charge on any atom is -0.444 e. The molecule has 3 atom stereocenters.